The second kappa shape index (κ2) is 6.70. The lowest BCUT2D eigenvalue weighted by molar-refractivity contribution is -0.0698. The highest BCUT2D eigenvalue weighted by Gasteiger charge is 2.24. The minimum absolute atomic E-state index is 0.329. The Labute approximate surface area is 123 Å². The largest absolute Gasteiger partial charge is 0.373 e. The van der Waals surface area contributed by atoms with Gasteiger partial charge < -0.3 is 10.1 Å². The van der Waals surface area contributed by atoms with E-state index in [1.54, 1.807) is 0 Å². The van der Waals surface area contributed by atoms with Gasteiger partial charge in [0, 0.05) is 25.7 Å². The van der Waals surface area contributed by atoms with Crippen LogP contribution in [-0.4, -0.2) is 43.8 Å². The zero-order valence-corrected chi connectivity index (χ0v) is 13.4. The molecule has 20 heavy (non-hydrogen) atoms. The average Bonchev–Trinajstić information content (AvgIpc) is 2.33. The minimum Gasteiger partial charge on any atom is -0.373 e. The van der Waals surface area contributed by atoms with Crippen molar-refractivity contribution in [3.05, 3.63) is 34.9 Å². The molecule has 1 aromatic carbocycles. The molecule has 0 spiro atoms. The SMILES string of the molecule is CNC(CN1CC(C)OC(C)C1)c1cc(C)cc(C)c1. The van der Waals surface area contributed by atoms with Crippen molar-refractivity contribution >= 4 is 0 Å². The van der Waals surface area contributed by atoms with Crippen molar-refractivity contribution in [2.45, 2.75) is 45.9 Å². The van der Waals surface area contributed by atoms with Crippen LogP contribution in [0.15, 0.2) is 18.2 Å². The predicted octanol–water partition coefficient (Wildman–Crippen LogP) is 2.67. The molecule has 1 aliphatic rings. The average molecular weight is 276 g/mol. The summed E-state index contributed by atoms with van der Waals surface area (Å²) in [6, 6.07) is 7.20. The first-order valence-corrected chi connectivity index (χ1v) is 7.61. The van der Waals surface area contributed by atoms with Crippen molar-refractivity contribution in [3.8, 4) is 0 Å². The summed E-state index contributed by atoms with van der Waals surface area (Å²) in [5.41, 5.74) is 4.06. The van der Waals surface area contributed by atoms with E-state index in [-0.39, 0.29) is 0 Å². The molecule has 3 heteroatoms. The zero-order valence-electron chi connectivity index (χ0n) is 13.4. The molecule has 1 fully saturated rings. The van der Waals surface area contributed by atoms with Crippen LogP contribution < -0.4 is 5.32 Å². The van der Waals surface area contributed by atoms with Gasteiger partial charge in [0.25, 0.3) is 0 Å². The molecule has 1 N–H and O–H groups in total. The Kier molecular flexibility index (Phi) is 5.19. The first-order chi connectivity index (χ1) is 9.47. The summed E-state index contributed by atoms with van der Waals surface area (Å²) in [5.74, 6) is 0. The third kappa shape index (κ3) is 4.05. The molecular formula is C17H28N2O. The van der Waals surface area contributed by atoms with Crippen molar-refractivity contribution in [3.63, 3.8) is 0 Å². The lowest BCUT2D eigenvalue weighted by Crippen LogP contribution is -2.48. The Morgan fingerprint density at radius 1 is 1.15 bits per heavy atom. The molecule has 3 unspecified atom stereocenters. The van der Waals surface area contributed by atoms with Gasteiger partial charge in [-0.2, -0.15) is 0 Å². The van der Waals surface area contributed by atoms with Crippen LogP contribution in [0, 0.1) is 13.8 Å². The van der Waals surface area contributed by atoms with Crippen LogP contribution in [0.3, 0.4) is 0 Å². The summed E-state index contributed by atoms with van der Waals surface area (Å²) in [6.07, 6.45) is 0.658. The van der Waals surface area contributed by atoms with E-state index in [1.165, 1.54) is 16.7 Å². The van der Waals surface area contributed by atoms with Crippen molar-refractivity contribution in [1.82, 2.24) is 10.2 Å². The molecule has 0 aromatic heterocycles. The van der Waals surface area contributed by atoms with Crippen molar-refractivity contribution in [1.29, 1.82) is 0 Å². The highest BCUT2D eigenvalue weighted by atomic mass is 16.5. The molecule has 1 aliphatic heterocycles. The number of hydrogen-bond donors (Lipinski definition) is 1. The first kappa shape index (κ1) is 15.5. The fourth-order valence-electron chi connectivity index (χ4n) is 3.27. The number of benzene rings is 1. The Bertz CT molecular complexity index is 416. The molecule has 112 valence electrons. The maximum atomic E-state index is 5.81. The molecule has 0 bridgehead atoms. The summed E-state index contributed by atoms with van der Waals surface area (Å²) in [4.78, 5) is 2.51. The van der Waals surface area contributed by atoms with E-state index in [2.05, 4.69) is 63.2 Å². The van der Waals surface area contributed by atoms with Gasteiger partial charge in [-0.3, -0.25) is 4.90 Å². The summed E-state index contributed by atoms with van der Waals surface area (Å²) in [6.45, 7) is 11.7. The maximum Gasteiger partial charge on any atom is 0.0678 e. The fourth-order valence-corrected chi connectivity index (χ4v) is 3.27. The Hall–Kier alpha value is -0.900. The molecule has 0 radical (unpaired) electrons. The molecule has 0 aliphatic carbocycles. The standard InChI is InChI=1S/C17H28N2O/c1-12-6-13(2)8-16(7-12)17(18-5)11-19-9-14(3)20-15(4)10-19/h6-8,14-15,17-18H,9-11H2,1-5H3. The van der Waals surface area contributed by atoms with Crippen molar-refractivity contribution in [2.75, 3.05) is 26.7 Å². The number of nitrogens with zero attached hydrogens (tertiary/aromatic N) is 1. The van der Waals surface area contributed by atoms with Gasteiger partial charge in [-0.1, -0.05) is 29.3 Å². The monoisotopic (exact) mass is 276 g/mol. The number of morpholine rings is 1. The third-order valence-electron chi connectivity index (χ3n) is 3.93. The number of likely N-dealkylation sites (N-methyl/N-ethyl adjacent to an activating group) is 1. The van der Waals surface area contributed by atoms with Crippen LogP contribution in [0.25, 0.3) is 0 Å². The molecule has 3 nitrogen and oxygen atoms in total. The van der Waals surface area contributed by atoms with Crippen LogP contribution in [0.2, 0.25) is 0 Å². The molecule has 1 heterocycles. The number of hydrogen-bond acceptors (Lipinski definition) is 3. The number of aryl methyl sites for hydroxylation is 2. The minimum atomic E-state index is 0.329. The lowest BCUT2D eigenvalue weighted by Gasteiger charge is -2.37. The zero-order chi connectivity index (χ0) is 14.7. The number of nitrogens with one attached hydrogen (secondary N) is 1. The van der Waals surface area contributed by atoms with Crippen LogP contribution in [0.4, 0.5) is 0 Å². The van der Waals surface area contributed by atoms with E-state index in [0.29, 0.717) is 18.2 Å². The van der Waals surface area contributed by atoms with Crippen LogP contribution in [0.5, 0.6) is 0 Å². The highest BCUT2D eigenvalue weighted by Crippen LogP contribution is 2.20. The van der Waals surface area contributed by atoms with Gasteiger partial charge in [0.15, 0.2) is 0 Å². The molecule has 3 atom stereocenters. The number of ether oxygens (including phenoxy) is 1. The molecule has 1 saturated heterocycles. The van der Waals surface area contributed by atoms with Gasteiger partial charge in [0.2, 0.25) is 0 Å². The Morgan fingerprint density at radius 3 is 2.20 bits per heavy atom. The second-order valence-corrected chi connectivity index (χ2v) is 6.24. The predicted molar refractivity (Wildman–Crippen MR) is 84.2 cm³/mol. The maximum absolute atomic E-state index is 5.81. The molecular weight excluding hydrogens is 248 g/mol. The summed E-state index contributed by atoms with van der Waals surface area (Å²) in [7, 11) is 2.05. The third-order valence-corrected chi connectivity index (χ3v) is 3.93. The second-order valence-electron chi connectivity index (χ2n) is 6.24. The van der Waals surface area contributed by atoms with Crippen LogP contribution >= 0.6 is 0 Å². The van der Waals surface area contributed by atoms with Gasteiger partial charge in [0.05, 0.1) is 12.2 Å². The number of rotatable bonds is 4. The highest BCUT2D eigenvalue weighted by molar-refractivity contribution is 5.30. The van der Waals surface area contributed by atoms with Gasteiger partial charge in [-0.05, 0) is 40.3 Å². The van der Waals surface area contributed by atoms with Gasteiger partial charge in [-0.15, -0.1) is 0 Å². The van der Waals surface area contributed by atoms with Gasteiger partial charge >= 0.3 is 0 Å². The molecule has 1 aromatic rings. The van der Waals surface area contributed by atoms with Crippen molar-refractivity contribution in [2.24, 2.45) is 0 Å². The smallest absolute Gasteiger partial charge is 0.0678 e. The first-order valence-electron chi connectivity index (χ1n) is 7.61. The summed E-state index contributed by atoms with van der Waals surface area (Å²) < 4.78 is 5.81. The van der Waals surface area contributed by atoms with E-state index in [0.717, 1.165) is 19.6 Å². The Morgan fingerprint density at radius 2 is 1.70 bits per heavy atom. The van der Waals surface area contributed by atoms with E-state index in [4.69, 9.17) is 4.74 Å². The van der Waals surface area contributed by atoms with Crippen LogP contribution in [0.1, 0.15) is 36.6 Å². The van der Waals surface area contributed by atoms with Gasteiger partial charge in [-0.25, -0.2) is 0 Å². The fraction of sp³-hybridized carbons (Fsp3) is 0.647. The Balaban J connectivity index is 2.08. The van der Waals surface area contributed by atoms with E-state index >= 15 is 0 Å². The normalized spacial score (nSPS) is 25.6. The van der Waals surface area contributed by atoms with E-state index < -0.39 is 0 Å². The van der Waals surface area contributed by atoms with Crippen LogP contribution in [-0.2, 0) is 4.74 Å². The quantitative estimate of drug-likeness (QED) is 0.915. The molecule has 2 rings (SSSR count). The van der Waals surface area contributed by atoms with Crippen molar-refractivity contribution < 1.29 is 4.74 Å². The molecule has 0 amide bonds. The van der Waals surface area contributed by atoms with E-state index in [9.17, 15) is 0 Å². The topological polar surface area (TPSA) is 24.5 Å². The molecule has 0 saturated carbocycles. The van der Waals surface area contributed by atoms with E-state index in [1.807, 2.05) is 0 Å². The van der Waals surface area contributed by atoms with Gasteiger partial charge in [0.1, 0.15) is 0 Å². The summed E-state index contributed by atoms with van der Waals surface area (Å²) >= 11 is 0. The lowest BCUT2D eigenvalue weighted by atomic mass is 10.0. The summed E-state index contributed by atoms with van der Waals surface area (Å²) in [5, 5.41) is 3.47.